The summed E-state index contributed by atoms with van der Waals surface area (Å²) in [6, 6.07) is 0.181. The van der Waals surface area contributed by atoms with Crippen LogP contribution >= 0.6 is 0 Å². The topological polar surface area (TPSA) is 108 Å². The summed E-state index contributed by atoms with van der Waals surface area (Å²) < 4.78 is 6.94. The Morgan fingerprint density at radius 3 is 2.96 bits per heavy atom. The second-order valence-corrected chi connectivity index (χ2v) is 5.62. The Morgan fingerprint density at radius 2 is 2.30 bits per heavy atom. The van der Waals surface area contributed by atoms with E-state index in [1.54, 1.807) is 19.3 Å². The summed E-state index contributed by atoms with van der Waals surface area (Å²) in [4.78, 5) is 23.4. The van der Waals surface area contributed by atoms with Crippen molar-refractivity contribution < 1.29 is 9.66 Å². The number of nitro groups is 1. The average Bonchev–Trinajstić information content (AvgIpc) is 3.03. The van der Waals surface area contributed by atoms with Gasteiger partial charge >= 0.3 is 5.69 Å². The minimum atomic E-state index is -0.467. The predicted octanol–water partition coefficient (Wildman–Crippen LogP) is 1.72. The molecule has 0 amide bonds. The van der Waals surface area contributed by atoms with Gasteiger partial charge in [0.15, 0.2) is 0 Å². The van der Waals surface area contributed by atoms with Gasteiger partial charge in [-0.05, 0) is 19.3 Å². The summed E-state index contributed by atoms with van der Waals surface area (Å²) in [5.74, 6) is 0.914. The fourth-order valence-corrected chi connectivity index (χ4v) is 2.66. The molecule has 0 aliphatic carbocycles. The van der Waals surface area contributed by atoms with E-state index in [2.05, 4.69) is 27.2 Å². The van der Waals surface area contributed by atoms with Gasteiger partial charge < -0.3 is 10.1 Å². The zero-order chi connectivity index (χ0) is 16.4. The Bertz CT molecular complexity index is 703. The van der Waals surface area contributed by atoms with E-state index in [1.165, 1.54) is 10.9 Å². The van der Waals surface area contributed by atoms with E-state index in [0.29, 0.717) is 30.8 Å². The molecule has 2 atom stereocenters. The maximum Gasteiger partial charge on any atom is 0.333 e. The molecule has 2 aromatic rings. The number of imidazole rings is 1. The molecule has 1 N–H and O–H groups in total. The zero-order valence-electron chi connectivity index (χ0n) is 13.0. The first kappa shape index (κ1) is 15.3. The minimum absolute atomic E-state index is 0.117. The highest BCUT2D eigenvalue weighted by Crippen LogP contribution is 2.26. The highest BCUT2D eigenvalue weighted by atomic mass is 16.6. The molecule has 3 rings (SSSR count). The van der Waals surface area contributed by atoms with Crippen LogP contribution in [-0.2, 0) is 4.74 Å². The quantitative estimate of drug-likeness (QED) is 0.675. The molecule has 0 spiro atoms. The lowest BCUT2D eigenvalue weighted by atomic mass is 9.98. The molecule has 1 aliphatic heterocycles. The average molecular weight is 318 g/mol. The normalized spacial score (nSPS) is 21.1. The first-order chi connectivity index (χ1) is 11.1. The molecule has 3 heterocycles. The number of aromatic nitrogens is 4. The first-order valence-electron chi connectivity index (χ1n) is 7.42. The number of nitrogens with one attached hydrogen (secondary N) is 1. The summed E-state index contributed by atoms with van der Waals surface area (Å²) in [6.45, 7) is 5.06. The lowest BCUT2D eigenvalue weighted by Gasteiger charge is -2.29. The lowest BCUT2D eigenvalue weighted by Crippen LogP contribution is -2.36. The Hall–Kier alpha value is -2.55. The van der Waals surface area contributed by atoms with Crippen LogP contribution in [-0.4, -0.2) is 43.7 Å². The Labute approximate surface area is 132 Å². The van der Waals surface area contributed by atoms with E-state index in [-0.39, 0.29) is 17.5 Å². The second kappa shape index (κ2) is 6.29. The Morgan fingerprint density at radius 1 is 1.48 bits per heavy atom. The van der Waals surface area contributed by atoms with Gasteiger partial charge in [0.1, 0.15) is 12.0 Å². The SMILES string of the molecule is Cc1nc(N[C@H]2CCOC[C@@H]2C)nc(-n2ccnc2)c1[N+](=O)[O-]. The lowest BCUT2D eigenvalue weighted by molar-refractivity contribution is -0.385. The monoisotopic (exact) mass is 318 g/mol. The molecule has 122 valence electrons. The van der Waals surface area contributed by atoms with E-state index >= 15 is 0 Å². The summed E-state index contributed by atoms with van der Waals surface area (Å²) in [5, 5.41) is 14.6. The van der Waals surface area contributed by atoms with Crippen molar-refractivity contribution in [1.29, 1.82) is 0 Å². The molecular weight excluding hydrogens is 300 g/mol. The molecule has 0 saturated carbocycles. The second-order valence-electron chi connectivity index (χ2n) is 5.62. The third-order valence-corrected chi connectivity index (χ3v) is 3.93. The van der Waals surface area contributed by atoms with Crippen LogP contribution in [0, 0.1) is 23.0 Å². The number of anilines is 1. The molecular formula is C14H18N6O3. The number of aryl methyl sites for hydroxylation is 1. The van der Waals surface area contributed by atoms with Crippen LogP contribution < -0.4 is 5.32 Å². The van der Waals surface area contributed by atoms with Crippen LogP contribution in [0.25, 0.3) is 5.82 Å². The van der Waals surface area contributed by atoms with Gasteiger partial charge in [-0.15, -0.1) is 0 Å². The Kier molecular flexibility index (Phi) is 4.20. The van der Waals surface area contributed by atoms with Gasteiger partial charge in [0.05, 0.1) is 11.5 Å². The molecule has 9 nitrogen and oxygen atoms in total. The summed E-state index contributed by atoms with van der Waals surface area (Å²) in [6.07, 6.45) is 5.50. The predicted molar refractivity (Wildman–Crippen MR) is 82.6 cm³/mol. The molecule has 0 unspecified atom stereocenters. The molecule has 0 radical (unpaired) electrons. The van der Waals surface area contributed by atoms with Crippen LogP contribution in [0.2, 0.25) is 0 Å². The maximum absolute atomic E-state index is 11.3. The number of ether oxygens (including phenoxy) is 1. The zero-order valence-corrected chi connectivity index (χ0v) is 13.0. The van der Waals surface area contributed by atoms with Crippen LogP contribution in [0.15, 0.2) is 18.7 Å². The molecule has 23 heavy (non-hydrogen) atoms. The maximum atomic E-state index is 11.3. The van der Waals surface area contributed by atoms with Crippen molar-refractivity contribution in [2.75, 3.05) is 18.5 Å². The van der Waals surface area contributed by atoms with Crippen molar-refractivity contribution in [2.45, 2.75) is 26.3 Å². The van der Waals surface area contributed by atoms with E-state index in [9.17, 15) is 10.1 Å². The highest BCUT2D eigenvalue weighted by molar-refractivity contribution is 5.53. The van der Waals surface area contributed by atoms with Crippen LogP contribution in [0.4, 0.5) is 11.6 Å². The fraction of sp³-hybridized carbons (Fsp3) is 0.500. The summed E-state index contributed by atoms with van der Waals surface area (Å²) >= 11 is 0. The van der Waals surface area contributed by atoms with Crippen molar-refractivity contribution in [3.63, 3.8) is 0 Å². The van der Waals surface area contributed by atoms with Gasteiger partial charge in [0, 0.05) is 25.0 Å². The molecule has 9 heteroatoms. The third kappa shape index (κ3) is 3.14. The van der Waals surface area contributed by atoms with Crippen molar-refractivity contribution in [3.05, 3.63) is 34.5 Å². The molecule has 0 aromatic carbocycles. The van der Waals surface area contributed by atoms with Crippen molar-refractivity contribution in [3.8, 4) is 5.82 Å². The van der Waals surface area contributed by atoms with E-state index in [0.717, 1.165) is 6.42 Å². The fourth-order valence-electron chi connectivity index (χ4n) is 2.66. The van der Waals surface area contributed by atoms with Crippen molar-refractivity contribution in [2.24, 2.45) is 5.92 Å². The van der Waals surface area contributed by atoms with Gasteiger partial charge in [-0.25, -0.2) is 9.97 Å². The molecule has 1 saturated heterocycles. The highest BCUT2D eigenvalue weighted by Gasteiger charge is 2.26. The van der Waals surface area contributed by atoms with Crippen LogP contribution in [0.5, 0.6) is 0 Å². The first-order valence-corrected chi connectivity index (χ1v) is 7.42. The van der Waals surface area contributed by atoms with Gasteiger partial charge in [-0.2, -0.15) is 4.98 Å². The number of nitrogens with zero attached hydrogens (tertiary/aromatic N) is 5. The van der Waals surface area contributed by atoms with Gasteiger partial charge in [-0.3, -0.25) is 14.7 Å². The van der Waals surface area contributed by atoms with Gasteiger partial charge in [0.2, 0.25) is 11.8 Å². The minimum Gasteiger partial charge on any atom is -0.381 e. The largest absolute Gasteiger partial charge is 0.381 e. The summed E-state index contributed by atoms with van der Waals surface area (Å²) in [7, 11) is 0. The van der Waals surface area contributed by atoms with Crippen LogP contribution in [0.3, 0.4) is 0 Å². The van der Waals surface area contributed by atoms with E-state index < -0.39 is 4.92 Å². The molecule has 1 aliphatic rings. The van der Waals surface area contributed by atoms with Crippen molar-refractivity contribution in [1.82, 2.24) is 19.5 Å². The van der Waals surface area contributed by atoms with E-state index in [1.807, 2.05) is 0 Å². The Balaban J connectivity index is 1.97. The van der Waals surface area contributed by atoms with Gasteiger partial charge in [-0.1, -0.05) is 6.92 Å². The third-order valence-electron chi connectivity index (χ3n) is 3.93. The molecule has 1 fully saturated rings. The smallest absolute Gasteiger partial charge is 0.333 e. The van der Waals surface area contributed by atoms with Gasteiger partial charge in [0.25, 0.3) is 0 Å². The molecule has 0 bridgehead atoms. The van der Waals surface area contributed by atoms with E-state index in [4.69, 9.17) is 4.74 Å². The van der Waals surface area contributed by atoms with Crippen molar-refractivity contribution >= 4 is 11.6 Å². The standard InChI is InChI=1S/C14H18N6O3/c1-9-7-23-6-3-11(9)17-14-16-10(2)12(20(21)22)13(18-14)19-5-4-15-8-19/h4-5,8-9,11H,3,6-7H2,1-2H3,(H,16,17,18)/t9-,11-/m0/s1. The number of hydrogen-bond acceptors (Lipinski definition) is 7. The summed E-state index contributed by atoms with van der Waals surface area (Å²) in [5.41, 5.74) is 0.199. The number of hydrogen-bond donors (Lipinski definition) is 1. The van der Waals surface area contributed by atoms with Crippen LogP contribution in [0.1, 0.15) is 19.0 Å². The molecule has 2 aromatic heterocycles. The number of rotatable bonds is 4.